The topological polar surface area (TPSA) is 86.3 Å². The number of benzene rings is 2. The summed E-state index contributed by atoms with van der Waals surface area (Å²) in [5.41, 5.74) is 1.14. The van der Waals surface area contributed by atoms with Crippen molar-refractivity contribution in [2.45, 2.75) is 6.92 Å². The molecule has 0 radical (unpaired) electrons. The lowest BCUT2D eigenvalue weighted by Gasteiger charge is -2.11. The third-order valence-corrected chi connectivity index (χ3v) is 3.55. The molecule has 0 bridgehead atoms. The Bertz CT molecular complexity index is 980. The second-order valence-corrected chi connectivity index (χ2v) is 5.03. The van der Waals surface area contributed by atoms with E-state index in [2.05, 4.69) is 0 Å². The molecule has 3 aromatic rings. The van der Waals surface area contributed by atoms with Crippen molar-refractivity contribution >= 4 is 10.8 Å². The zero-order chi connectivity index (χ0) is 15.9. The molecule has 5 nitrogen and oxygen atoms in total. The van der Waals surface area contributed by atoms with E-state index in [1.54, 1.807) is 25.3 Å². The lowest BCUT2D eigenvalue weighted by molar-refractivity contribution is 0.475. The number of nitrogens with zero attached hydrogens (tertiary/aromatic N) is 2. The number of nitriles is 1. The molecule has 108 valence electrons. The van der Waals surface area contributed by atoms with Crippen molar-refractivity contribution in [2.75, 3.05) is 0 Å². The first-order valence-electron chi connectivity index (χ1n) is 6.60. The summed E-state index contributed by atoms with van der Waals surface area (Å²) in [6, 6.07) is 10.9. The molecular formula is C17H12N2O3. The summed E-state index contributed by atoms with van der Waals surface area (Å²) in [5, 5.41) is 29.1. The van der Waals surface area contributed by atoms with Crippen LogP contribution in [0.1, 0.15) is 11.1 Å². The van der Waals surface area contributed by atoms with Crippen LogP contribution in [0.3, 0.4) is 0 Å². The van der Waals surface area contributed by atoms with Gasteiger partial charge in [0.25, 0.3) is 5.56 Å². The lowest BCUT2D eigenvalue weighted by atomic mass is 10.0. The van der Waals surface area contributed by atoms with Gasteiger partial charge in [0.15, 0.2) is 0 Å². The van der Waals surface area contributed by atoms with Gasteiger partial charge in [-0.1, -0.05) is 0 Å². The summed E-state index contributed by atoms with van der Waals surface area (Å²) in [4.78, 5) is 12.7. The molecule has 3 rings (SSSR count). The van der Waals surface area contributed by atoms with E-state index in [-0.39, 0.29) is 28.0 Å². The highest BCUT2D eigenvalue weighted by molar-refractivity contribution is 5.91. The van der Waals surface area contributed by atoms with Crippen molar-refractivity contribution < 1.29 is 10.2 Å². The third kappa shape index (κ3) is 2.07. The smallest absolute Gasteiger partial charge is 0.264 e. The third-order valence-electron chi connectivity index (χ3n) is 3.55. The van der Waals surface area contributed by atoms with Gasteiger partial charge >= 0.3 is 0 Å². The highest BCUT2D eigenvalue weighted by atomic mass is 16.3. The molecule has 0 saturated heterocycles. The predicted octanol–water partition coefficient (Wildman–Crippen LogP) is 2.58. The Kier molecular flexibility index (Phi) is 3.08. The fraction of sp³-hybridized carbons (Fsp3) is 0.0588. The Morgan fingerprint density at radius 2 is 1.77 bits per heavy atom. The van der Waals surface area contributed by atoms with Crippen molar-refractivity contribution in [2.24, 2.45) is 0 Å². The molecule has 0 atom stereocenters. The largest absolute Gasteiger partial charge is 0.508 e. The number of hydrogen-bond acceptors (Lipinski definition) is 4. The van der Waals surface area contributed by atoms with Crippen LogP contribution in [0.4, 0.5) is 0 Å². The maximum absolute atomic E-state index is 12.7. The molecule has 0 saturated carbocycles. The Morgan fingerprint density at radius 3 is 2.41 bits per heavy atom. The van der Waals surface area contributed by atoms with Crippen molar-refractivity contribution in [1.82, 2.24) is 4.57 Å². The van der Waals surface area contributed by atoms with Gasteiger partial charge < -0.3 is 10.2 Å². The Morgan fingerprint density at radius 1 is 1.09 bits per heavy atom. The van der Waals surface area contributed by atoms with Gasteiger partial charge in [0.05, 0.1) is 10.9 Å². The van der Waals surface area contributed by atoms with E-state index in [1.807, 2.05) is 6.07 Å². The highest BCUT2D eigenvalue weighted by Gasteiger charge is 2.13. The molecule has 0 unspecified atom stereocenters. The average molecular weight is 292 g/mol. The van der Waals surface area contributed by atoms with Crippen LogP contribution >= 0.6 is 0 Å². The number of hydrogen-bond donors (Lipinski definition) is 2. The normalized spacial score (nSPS) is 10.5. The second-order valence-electron chi connectivity index (χ2n) is 5.03. The first-order valence-corrected chi connectivity index (χ1v) is 6.60. The van der Waals surface area contributed by atoms with Crippen LogP contribution in [0.5, 0.6) is 11.5 Å². The van der Waals surface area contributed by atoms with Crippen LogP contribution in [-0.2, 0) is 0 Å². The van der Waals surface area contributed by atoms with Gasteiger partial charge in [-0.15, -0.1) is 0 Å². The molecular weight excluding hydrogens is 280 g/mol. The van der Waals surface area contributed by atoms with Crippen LogP contribution < -0.4 is 5.56 Å². The summed E-state index contributed by atoms with van der Waals surface area (Å²) in [6.45, 7) is 1.80. The van der Waals surface area contributed by atoms with Crippen LogP contribution in [0.15, 0.2) is 47.4 Å². The van der Waals surface area contributed by atoms with Crippen molar-refractivity contribution in [3.8, 4) is 23.3 Å². The van der Waals surface area contributed by atoms with Crippen LogP contribution in [0.2, 0.25) is 0 Å². The zero-order valence-corrected chi connectivity index (χ0v) is 11.7. The maximum Gasteiger partial charge on any atom is 0.264 e. The lowest BCUT2D eigenvalue weighted by Crippen LogP contribution is -2.19. The molecule has 1 aromatic heterocycles. The van der Waals surface area contributed by atoms with Gasteiger partial charge in [-0.3, -0.25) is 9.36 Å². The second kappa shape index (κ2) is 4.93. The van der Waals surface area contributed by atoms with E-state index in [1.165, 1.54) is 28.8 Å². The van der Waals surface area contributed by atoms with E-state index in [0.29, 0.717) is 11.1 Å². The van der Waals surface area contributed by atoms with Gasteiger partial charge in [-0.25, -0.2) is 0 Å². The highest BCUT2D eigenvalue weighted by Crippen LogP contribution is 2.25. The SMILES string of the molecule is Cc1cn(-c2ccc(O)cc2)c(=O)c2c(C#N)cc(O)cc12. The number of phenolic OH excluding ortho intramolecular Hbond substituents is 2. The van der Waals surface area contributed by atoms with Crippen molar-refractivity contribution in [3.05, 3.63) is 64.1 Å². The number of aromatic nitrogens is 1. The summed E-state index contributed by atoms with van der Waals surface area (Å²) in [6.07, 6.45) is 1.65. The number of pyridine rings is 1. The van der Waals surface area contributed by atoms with Gasteiger partial charge in [-0.05, 0) is 54.3 Å². The number of aromatic hydroxyl groups is 2. The maximum atomic E-state index is 12.7. The quantitative estimate of drug-likeness (QED) is 0.721. The first-order chi connectivity index (χ1) is 10.5. The average Bonchev–Trinajstić information content (AvgIpc) is 2.51. The molecule has 0 aliphatic carbocycles. The Balaban J connectivity index is 2.43. The Labute approximate surface area is 125 Å². The van der Waals surface area contributed by atoms with Crippen molar-refractivity contribution in [1.29, 1.82) is 5.26 Å². The fourth-order valence-corrected chi connectivity index (χ4v) is 2.50. The first kappa shape index (κ1) is 13.7. The molecule has 0 fully saturated rings. The van der Waals surface area contributed by atoms with Gasteiger partial charge in [0.2, 0.25) is 0 Å². The van der Waals surface area contributed by atoms with E-state index < -0.39 is 0 Å². The van der Waals surface area contributed by atoms with E-state index >= 15 is 0 Å². The van der Waals surface area contributed by atoms with Gasteiger partial charge in [-0.2, -0.15) is 5.26 Å². The molecule has 5 heteroatoms. The van der Waals surface area contributed by atoms with E-state index in [9.17, 15) is 20.3 Å². The molecule has 1 heterocycles. The predicted molar refractivity (Wildman–Crippen MR) is 82.3 cm³/mol. The minimum Gasteiger partial charge on any atom is -0.508 e. The number of fused-ring (bicyclic) bond motifs is 1. The van der Waals surface area contributed by atoms with Crippen molar-refractivity contribution in [3.63, 3.8) is 0 Å². The molecule has 0 amide bonds. The zero-order valence-electron chi connectivity index (χ0n) is 11.7. The summed E-state index contributed by atoms with van der Waals surface area (Å²) >= 11 is 0. The molecule has 0 spiro atoms. The number of phenols is 2. The number of rotatable bonds is 1. The summed E-state index contributed by atoms with van der Waals surface area (Å²) in [7, 11) is 0. The monoisotopic (exact) mass is 292 g/mol. The van der Waals surface area contributed by atoms with E-state index in [4.69, 9.17) is 0 Å². The minimum atomic E-state index is -0.345. The van der Waals surface area contributed by atoms with E-state index in [0.717, 1.165) is 5.56 Å². The minimum absolute atomic E-state index is 0.0473. The summed E-state index contributed by atoms with van der Waals surface area (Å²) in [5.74, 6) is 0.0610. The van der Waals surface area contributed by atoms with Crippen LogP contribution in [0, 0.1) is 18.3 Å². The number of aryl methyl sites for hydroxylation is 1. The molecule has 2 N–H and O–H groups in total. The standard InChI is InChI=1S/C17H12N2O3/c1-10-9-19(12-2-4-13(20)5-3-12)17(22)16-11(8-18)6-14(21)7-15(10)16/h2-7,9,20-21H,1H3. The summed E-state index contributed by atoms with van der Waals surface area (Å²) < 4.78 is 1.43. The van der Waals surface area contributed by atoms with Crippen LogP contribution in [0.25, 0.3) is 16.5 Å². The van der Waals surface area contributed by atoms with Gasteiger partial charge in [0, 0.05) is 11.9 Å². The van der Waals surface area contributed by atoms with Gasteiger partial charge in [0.1, 0.15) is 17.6 Å². The van der Waals surface area contributed by atoms with Crippen LogP contribution in [-0.4, -0.2) is 14.8 Å². The molecule has 0 aliphatic rings. The fourth-order valence-electron chi connectivity index (χ4n) is 2.50. The molecule has 22 heavy (non-hydrogen) atoms. The molecule has 0 aliphatic heterocycles. The molecule has 2 aromatic carbocycles. The Hall–Kier alpha value is -3.26.